The molecule has 14 nitrogen and oxygen atoms in total. The van der Waals surface area contributed by atoms with Crippen LogP contribution in [0, 0.1) is 0 Å². The minimum atomic E-state index is -1.43. The zero-order valence-corrected chi connectivity index (χ0v) is 20.5. The summed E-state index contributed by atoms with van der Waals surface area (Å²) >= 11 is 0. The molecule has 4 aromatic heterocycles. The first-order valence-electron chi connectivity index (χ1n) is 12.4. The highest BCUT2D eigenvalue weighted by Gasteiger charge is 2.47. The summed E-state index contributed by atoms with van der Waals surface area (Å²) in [5.74, 6) is 0.297. The number of fused-ring (bicyclic) bond motifs is 1. The van der Waals surface area contributed by atoms with Crippen molar-refractivity contribution in [3.05, 3.63) is 37.1 Å². The Labute approximate surface area is 216 Å². The van der Waals surface area contributed by atoms with Gasteiger partial charge in [0, 0.05) is 31.1 Å². The number of ether oxygens (including phenoxy) is 2. The summed E-state index contributed by atoms with van der Waals surface area (Å²) in [6.07, 6.45) is 2.16. The summed E-state index contributed by atoms with van der Waals surface area (Å²) in [7, 11) is 0. The summed E-state index contributed by atoms with van der Waals surface area (Å²) in [5.41, 5.74) is 3.01. The molecule has 0 unspecified atom stereocenters. The number of aliphatic hydroxyl groups excluding tert-OH is 2. The molecule has 1 amide bonds. The van der Waals surface area contributed by atoms with Crippen LogP contribution < -0.4 is 10.6 Å². The highest BCUT2D eigenvalue weighted by molar-refractivity contribution is 5.87. The number of likely N-dealkylation sites (N-methyl/N-ethyl adjacent to an activating group) is 1. The highest BCUT2D eigenvalue weighted by atomic mass is 16.6. The Morgan fingerprint density at radius 1 is 1.24 bits per heavy atom. The van der Waals surface area contributed by atoms with Gasteiger partial charge in [-0.2, -0.15) is 5.10 Å². The fraction of sp³-hybridized carbons (Fsp3) is 0.417. The van der Waals surface area contributed by atoms with E-state index in [9.17, 15) is 15.0 Å². The third kappa shape index (κ3) is 4.26. The number of rotatable bonds is 7. The van der Waals surface area contributed by atoms with Gasteiger partial charge in [-0.25, -0.2) is 15.0 Å². The molecular formula is C24H27N9O5. The number of anilines is 1. The number of H-pyrrole nitrogens is 1. The normalized spacial score (nSPS) is 25.2. The van der Waals surface area contributed by atoms with E-state index in [2.05, 4.69) is 30.8 Å². The number of nitrogens with one attached hydrogen (secondary N) is 3. The van der Waals surface area contributed by atoms with Crippen molar-refractivity contribution in [2.45, 2.75) is 43.9 Å². The molecule has 2 saturated heterocycles. The van der Waals surface area contributed by atoms with E-state index in [1.807, 2.05) is 12.1 Å². The van der Waals surface area contributed by atoms with Crippen LogP contribution in [-0.4, -0.2) is 94.9 Å². The molecule has 2 aliphatic rings. The fourth-order valence-corrected chi connectivity index (χ4v) is 4.74. The van der Waals surface area contributed by atoms with Crippen LogP contribution in [0.3, 0.4) is 0 Å². The number of aromatic amines is 1. The van der Waals surface area contributed by atoms with Crippen LogP contribution in [0.25, 0.3) is 33.8 Å². The number of carbonyl (C=O) groups is 1. The van der Waals surface area contributed by atoms with Crippen molar-refractivity contribution in [2.75, 3.05) is 25.1 Å². The zero-order chi connectivity index (χ0) is 26.2. The molecule has 6 heterocycles. The molecule has 0 aliphatic carbocycles. The molecule has 0 saturated carbocycles. The van der Waals surface area contributed by atoms with Gasteiger partial charge in [-0.15, -0.1) is 0 Å². The first-order valence-corrected chi connectivity index (χ1v) is 12.4. The van der Waals surface area contributed by atoms with E-state index in [4.69, 9.17) is 19.4 Å². The average molecular weight is 522 g/mol. The first kappa shape index (κ1) is 24.4. The van der Waals surface area contributed by atoms with Crippen molar-refractivity contribution < 1.29 is 24.5 Å². The lowest BCUT2D eigenvalue weighted by molar-refractivity contribution is -0.137. The Morgan fingerprint density at radius 2 is 2.08 bits per heavy atom. The second-order valence-corrected chi connectivity index (χ2v) is 9.14. The average Bonchev–Trinajstić information content (AvgIpc) is 3.73. The minimum Gasteiger partial charge on any atom is -0.387 e. The second-order valence-electron chi connectivity index (χ2n) is 9.14. The van der Waals surface area contributed by atoms with Gasteiger partial charge >= 0.3 is 0 Å². The third-order valence-electron chi connectivity index (χ3n) is 6.67. The van der Waals surface area contributed by atoms with E-state index in [0.717, 1.165) is 17.5 Å². The first-order chi connectivity index (χ1) is 18.5. The van der Waals surface area contributed by atoms with Crippen LogP contribution >= 0.6 is 0 Å². The molecule has 0 radical (unpaired) electrons. The maximum absolute atomic E-state index is 12.4. The van der Waals surface area contributed by atoms with E-state index in [1.54, 1.807) is 25.5 Å². The SMILES string of the molecule is CCNC(=O)[C@H]1O[C@@H](n2cnc3c(N[C@@H]4CCOC4)nc(-c4[nH]ncc4-c4ccncc4)nc32)[C@@H](O)[C@H]1O. The molecule has 2 aliphatic heterocycles. The highest BCUT2D eigenvalue weighted by Crippen LogP contribution is 2.35. The van der Waals surface area contributed by atoms with Crippen LogP contribution in [-0.2, 0) is 14.3 Å². The Kier molecular flexibility index (Phi) is 6.45. The molecule has 198 valence electrons. The third-order valence-corrected chi connectivity index (χ3v) is 6.67. The monoisotopic (exact) mass is 521 g/mol. The molecule has 0 spiro atoms. The molecule has 14 heteroatoms. The predicted molar refractivity (Wildman–Crippen MR) is 134 cm³/mol. The van der Waals surface area contributed by atoms with Crippen molar-refractivity contribution in [2.24, 2.45) is 0 Å². The molecule has 0 aromatic carbocycles. The van der Waals surface area contributed by atoms with Gasteiger partial charge in [-0.1, -0.05) is 0 Å². The van der Waals surface area contributed by atoms with Gasteiger partial charge in [0.15, 0.2) is 35.1 Å². The second kappa shape index (κ2) is 10.1. The number of carbonyl (C=O) groups excluding carboxylic acids is 1. The van der Waals surface area contributed by atoms with Crippen molar-refractivity contribution in [1.82, 2.24) is 40.0 Å². The number of hydrogen-bond donors (Lipinski definition) is 5. The van der Waals surface area contributed by atoms with Crippen molar-refractivity contribution in [3.63, 3.8) is 0 Å². The fourth-order valence-electron chi connectivity index (χ4n) is 4.74. The molecule has 6 rings (SSSR count). The molecule has 4 aromatic rings. The number of pyridine rings is 1. The van der Waals surface area contributed by atoms with Gasteiger partial charge < -0.3 is 30.3 Å². The summed E-state index contributed by atoms with van der Waals surface area (Å²) in [5, 5.41) is 34.6. The Balaban J connectivity index is 1.45. The molecule has 5 N–H and O–H groups in total. The Morgan fingerprint density at radius 3 is 2.84 bits per heavy atom. The lowest BCUT2D eigenvalue weighted by Gasteiger charge is -2.17. The molecule has 0 bridgehead atoms. The van der Waals surface area contributed by atoms with Crippen LogP contribution in [0.15, 0.2) is 37.1 Å². The van der Waals surface area contributed by atoms with E-state index in [-0.39, 0.29) is 6.04 Å². The smallest absolute Gasteiger partial charge is 0.252 e. The van der Waals surface area contributed by atoms with Gasteiger partial charge in [0.2, 0.25) is 0 Å². The number of nitrogens with zero attached hydrogens (tertiary/aromatic N) is 6. The Bertz CT molecular complexity index is 1440. The van der Waals surface area contributed by atoms with Crippen molar-refractivity contribution in [3.8, 4) is 22.6 Å². The topological polar surface area (TPSA) is 185 Å². The van der Waals surface area contributed by atoms with Gasteiger partial charge in [-0.05, 0) is 31.0 Å². The number of aromatic nitrogens is 7. The van der Waals surface area contributed by atoms with Crippen molar-refractivity contribution >= 4 is 22.9 Å². The summed E-state index contributed by atoms with van der Waals surface area (Å²) in [6.45, 7) is 3.29. The van der Waals surface area contributed by atoms with Gasteiger partial charge in [0.1, 0.15) is 17.9 Å². The van der Waals surface area contributed by atoms with E-state index < -0.39 is 30.4 Å². The van der Waals surface area contributed by atoms with Crippen LogP contribution in [0.1, 0.15) is 19.6 Å². The van der Waals surface area contributed by atoms with Gasteiger partial charge in [-0.3, -0.25) is 19.4 Å². The quantitative estimate of drug-likeness (QED) is 0.224. The lowest BCUT2D eigenvalue weighted by atomic mass is 10.1. The van der Waals surface area contributed by atoms with Crippen LogP contribution in [0.5, 0.6) is 0 Å². The molecule has 38 heavy (non-hydrogen) atoms. The predicted octanol–water partition coefficient (Wildman–Crippen LogP) is 0.235. The van der Waals surface area contributed by atoms with Crippen molar-refractivity contribution in [1.29, 1.82) is 0 Å². The zero-order valence-electron chi connectivity index (χ0n) is 20.5. The number of amides is 1. The minimum absolute atomic E-state index is 0.0322. The van der Waals surface area contributed by atoms with Crippen LogP contribution in [0.4, 0.5) is 5.82 Å². The number of imidazole rings is 1. The van der Waals surface area contributed by atoms with E-state index >= 15 is 0 Å². The standard InChI is InChI=1S/C24H27N9O5/c1-2-26-23(36)19-17(34)18(35)24(38-19)33-11-27-16-21(29-13-5-8-37-10-13)30-20(31-22(16)33)15-14(9-28-32-15)12-3-6-25-7-4-12/h3-4,6-7,9,11,13,17-19,24,34-35H,2,5,8,10H2,1H3,(H,26,36)(H,28,32)(H,29,30,31)/t13-,17-,18+,19+,24-/m1/s1. The maximum Gasteiger partial charge on any atom is 0.252 e. The summed E-state index contributed by atoms with van der Waals surface area (Å²) in [4.78, 5) is 30.5. The molecule has 2 fully saturated rings. The van der Waals surface area contributed by atoms with E-state index in [1.165, 1.54) is 10.9 Å². The number of hydrogen-bond acceptors (Lipinski definition) is 11. The summed E-state index contributed by atoms with van der Waals surface area (Å²) < 4.78 is 12.9. The molecule has 5 atom stereocenters. The van der Waals surface area contributed by atoms with Crippen LogP contribution in [0.2, 0.25) is 0 Å². The summed E-state index contributed by atoms with van der Waals surface area (Å²) in [6, 6.07) is 3.75. The van der Waals surface area contributed by atoms with Gasteiger partial charge in [0.05, 0.1) is 25.2 Å². The Hall–Kier alpha value is -3.98. The van der Waals surface area contributed by atoms with E-state index in [0.29, 0.717) is 48.3 Å². The van der Waals surface area contributed by atoms with Gasteiger partial charge in [0.25, 0.3) is 5.91 Å². The molecular weight excluding hydrogens is 494 g/mol. The number of aliphatic hydroxyl groups is 2. The largest absolute Gasteiger partial charge is 0.387 e. The lowest BCUT2D eigenvalue weighted by Crippen LogP contribution is -2.42. The maximum atomic E-state index is 12.4.